The predicted octanol–water partition coefficient (Wildman–Crippen LogP) is 2.37. The first-order chi connectivity index (χ1) is 7.59. The van der Waals surface area contributed by atoms with Gasteiger partial charge in [-0.3, -0.25) is 0 Å². The summed E-state index contributed by atoms with van der Waals surface area (Å²) in [5.74, 6) is 0.791. The van der Waals surface area contributed by atoms with Gasteiger partial charge in [-0.25, -0.2) is 4.99 Å². The van der Waals surface area contributed by atoms with Crippen LogP contribution in [-0.2, 0) is 0 Å². The minimum absolute atomic E-state index is 0.371. The molecule has 2 fully saturated rings. The largest absolute Gasteiger partial charge is 0.370 e. The summed E-state index contributed by atoms with van der Waals surface area (Å²) in [6.45, 7) is 6.78. The minimum Gasteiger partial charge on any atom is -0.370 e. The Labute approximate surface area is 99.1 Å². The van der Waals surface area contributed by atoms with Crippen molar-refractivity contribution in [2.45, 2.75) is 58.4 Å². The van der Waals surface area contributed by atoms with Crippen LogP contribution in [0.5, 0.6) is 0 Å². The van der Waals surface area contributed by atoms with Crippen molar-refractivity contribution in [3.05, 3.63) is 0 Å². The second kappa shape index (κ2) is 4.64. The normalized spacial score (nSPS) is 30.8. The maximum atomic E-state index is 6.13. The molecular weight excluding hydrogens is 198 g/mol. The second-order valence-corrected chi connectivity index (χ2v) is 5.93. The maximum Gasteiger partial charge on any atom is 0.191 e. The molecule has 92 valence electrons. The molecule has 0 radical (unpaired) electrons. The van der Waals surface area contributed by atoms with Gasteiger partial charge in [-0.1, -0.05) is 26.7 Å². The Morgan fingerprint density at radius 1 is 1.19 bits per heavy atom. The molecule has 1 saturated carbocycles. The molecule has 1 aliphatic heterocycles. The van der Waals surface area contributed by atoms with Crippen LogP contribution >= 0.6 is 0 Å². The molecule has 3 nitrogen and oxygen atoms in total. The Hall–Kier alpha value is -0.730. The molecule has 16 heavy (non-hydrogen) atoms. The maximum absolute atomic E-state index is 6.13. The zero-order valence-corrected chi connectivity index (χ0v) is 10.7. The van der Waals surface area contributed by atoms with Crippen LogP contribution in [0.15, 0.2) is 4.99 Å². The molecule has 1 heterocycles. The van der Waals surface area contributed by atoms with Crippen molar-refractivity contribution < 1.29 is 0 Å². The fourth-order valence-corrected chi connectivity index (χ4v) is 2.63. The van der Waals surface area contributed by atoms with E-state index in [0.29, 0.717) is 11.5 Å². The van der Waals surface area contributed by atoms with Crippen LogP contribution in [0, 0.1) is 5.41 Å². The van der Waals surface area contributed by atoms with Crippen molar-refractivity contribution in [1.29, 1.82) is 0 Å². The number of hydrogen-bond acceptors (Lipinski definition) is 1. The lowest BCUT2D eigenvalue weighted by Crippen LogP contribution is -2.44. The number of hydrogen-bond donors (Lipinski definition) is 1. The van der Waals surface area contributed by atoms with E-state index in [2.05, 4.69) is 18.7 Å². The van der Waals surface area contributed by atoms with E-state index in [9.17, 15) is 0 Å². The molecule has 0 aromatic heterocycles. The standard InChI is InChI=1S/C13H25N3/c1-13(2)8-7-11(13)15-12(14)16-9-5-3-4-6-10-16/h11H,3-10H2,1-2H3,(H2,14,15). The Morgan fingerprint density at radius 2 is 1.81 bits per heavy atom. The Kier molecular flexibility index (Phi) is 3.41. The predicted molar refractivity (Wildman–Crippen MR) is 68.5 cm³/mol. The topological polar surface area (TPSA) is 41.6 Å². The zero-order valence-electron chi connectivity index (χ0n) is 10.7. The third-order valence-electron chi connectivity index (χ3n) is 4.18. The Bertz CT molecular complexity index is 262. The number of nitrogens with zero attached hydrogens (tertiary/aromatic N) is 2. The molecule has 0 amide bonds. The van der Waals surface area contributed by atoms with Crippen LogP contribution in [0.25, 0.3) is 0 Å². The van der Waals surface area contributed by atoms with Crippen molar-refractivity contribution in [3.8, 4) is 0 Å². The lowest BCUT2D eigenvalue weighted by atomic mass is 9.68. The second-order valence-electron chi connectivity index (χ2n) is 5.93. The van der Waals surface area contributed by atoms with Gasteiger partial charge in [0.25, 0.3) is 0 Å². The van der Waals surface area contributed by atoms with E-state index in [4.69, 9.17) is 10.7 Å². The van der Waals surface area contributed by atoms with Crippen LogP contribution < -0.4 is 5.73 Å². The molecule has 1 aliphatic carbocycles. The molecule has 1 atom stereocenters. The van der Waals surface area contributed by atoms with Crippen molar-refractivity contribution in [1.82, 2.24) is 4.90 Å². The molecule has 0 aromatic rings. The van der Waals surface area contributed by atoms with E-state index in [-0.39, 0.29) is 0 Å². The van der Waals surface area contributed by atoms with E-state index in [1.807, 2.05) is 0 Å². The molecule has 0 bridgehead atoms. The first kappa shape index (κ1) is 11.7. The minimum atomic E-state index is 0.371. The summed E-state index contributed by atoms with van der Waals surface area (Å²) in [5.41, 5.74) is 6.50. The number of guanidine groups is 1. The molecular formula is C13H25N3. The highest BCUT2D eigenvalue weighted by Gasteiger charge is 2.38. The van der Waals surface area contributed by atoms with Gasteiger partial charge in [0.15, 0.2) is 5.96 Å². The molecule has 0 spiro atoms. The summed E-state index contributed by atoms with van der Waals surface area (Å²) in [7, 11) is 0. The van der Waals surface area contributed by atoms with E-state index < -0.39 is 0 Å². The van der Waals surface area contributed by atoms with Crippen LogP contribution in [0.1, 0.15) is 52.4 Å². The van der Waals surface area contributed by atoms with Crippen LogP contribution in [0.3, 0.4) is 0 Å². The number of likely N-dealkylation sites (tertiary alicyclic amines) is 1. The quantitative estimate of drug-likeness (QED) is 0.548. The average Bonchev–Trinajstić information content (AvgIpc) is 2.52. The van der Waals surface area contributed by atoms with Gasteiger partial charge in [-0.15, -0.1) is 0 Å². The van der Waals surface area contributed by atoms with Gasteiger partial charge < -0.3 is 10.6 Å². The van der Waals surface area contributed by atoms with Gasteiger partial charge in [0.1, 0.15) is 0 Å². The summed E-state index contributed by atoms with van der Waals surface area (Å²) < 4.78 is 0. The van der Waals surface area contributed by atoms with Crippen molar-refractivity contribution in [2.24, 2.45) is 16.1 Å². The third-order valence-corrected chi connectivity index (χ3v) is 4.18. The van der Waals surface area contributed by atoms with Gasteiger partial charge in [0.05, 0.1) is 6.04 Å². The SMILES string of the molecule is CC1(C)CCC1N=C(N)N1CCCCCC1. The van der Waals surface area contributed by atoms with Crippen LogP contribution in [-0.4, -0.2) is 30.0 Å². The number of rotatable bonds is 1. The van der Waals surface area contributed by atoms with E-state index in [0.717, 1.165) is 19.0 Å². The Balaban J connectivity index is 1.94. The smallest absolute Gasteiger partial charge is 0.191 e. The Morgan fingerprint density at radius 3 is 2.25 bits per heavy atom. The van der Waals surface area contributed by atoms with Gasteiger partial charge in [-0.2, -0.15) is 0 Å². The lowest BCUT2D eigenvalue weighted by Gasteiger charge is -2.42. The van der Waals surface area contributed by atoms with Crippen molar-refractivity contribution in [3.63, 3.8) is 0 Å². The summed E-state index contributed by atoms with van der Waals surface area (Å²) >= 11 is 0. The van der Waals surface area contributed by atoms with Gasteiger partial charge >= 0.3 is 0 Å². The average molecular weight is 223 g/mol. The van der Waals surface area contributed by atoms with E-state index in [1.165, 1.54) is 38.5 Å². The van der Waals surface area contributed by atoms with Gasteiger partial charge in [0.2, 0.25) is 0 Å². The molecule has 1 saturated heterocycles. The summed E-state index contributed by atoms with van der Waals surface area (Å²) in [6.07, 6.45) is 7.72. The molecule has 2 rings (SSSR count). The highest BCUT2D eigenvalue weighted by molar-refractivity contribution is 5.78. The fourth-order valence-electron chi connectivity index (χ4n) is 2.63. The summed E-state index contributed by atoms with van der Waals surface area (Å²) in [5, 5.41) is 0. The van der Waals surface area contributed by atoms with Gasteiger partial charge in [0, 0.05) is 13.1 Å². The van der Waals surface area contributed by atoms with Crippen molar-refractivity contribution in [2.75, 3.05) is 13.1 Å². The first-order valence-corrected chi connectivity index (χ1v) is 6.68. The molecule has 2 aliphatic rings. The monoisotopic (exact) mass is 223 g/mol. The summed E-state index contributed by atoms with van der Waals surface area (Å²) in [4.78, 5) is 7.00. The molecule has 2 N–H and O–H groups in total. The first-order valence-electron chi connectivity index (χ1n) is 6.68. The van der Waals surface area contributed by atoms with Gasteiger partial charge in [-0.05, 0) is 31.1 Å². The van der Waals surface area contributed by atoms with Crippen LogP contribution in [0.4, 0.5) is 0 Å². The number of aliphatic imine (C=N–C) groups is 1. The van der Waals surface area contributed by atoms with Crippen LogP contribution in [0.2, 0.25) is 0 Å². The number of nitrogens with two attached hydrogens (primary N) is 1. The zero-order chi connectivity index (χ0) is 11.6. The fraction of sp³-hybridized carbons (Fsp3) is 0.923. The molecule has 1 unspecified atom stereocenters. The van der Waals surface area contributed by atoms with Crippen molar-refractivity contribution >= 4 is 5.96 Å². The molecule has 0 aromatic carbocycles. The highest BCUT2D eigenvalue weighted by atomic mass is 15.3. The molecule has 3 heteroatoms. The lowest BCUT2D eigenvalue weighted by molar-refractivity contribution is 0.144. The highest BCUT2D eigenvalue weighted by Crippen LogP contribution is 2.42. The van der Waals surface area contributed by atoms with E-state index >= 15 is 0 Å². The third kappa shape index (κ3) is 2.50. The van der Waals surface area contributed by atoms with E-state index in [1.54, 1.807) is 0 Å². The summed E-state index contributed by atoms with van der Waals surface area (Å²) in [6, 6.07) is 0.454.